The first-order chi connectivity index (χ1) is 17.6. The van der Waals surface area contributed by atoms with Crippen LogP contribution < -0.4 is 5.32 Å². The number of hydrogen-bond acceptors (Lipinski definition) is 6. The molecule has 1 amide bonds. The Morgan fingerprint density at radius 1 is 0.861 bits per heavy atom. The number of benzene rings is 3. The fourth-order valence-electron chi connectivity index (χ4n) is 4.63. The number of nitrogens with one attached hydrogen (secondary N) is 1. The molecule has 1 aliphatic heterocycles. The number of nitrogens with zero attached hydrogens (tertiary/aromatic N) is 5. The maximum atomic E-state index is 12.5. The maximum Gasteiger partial charge on any atom is 0.292 e. The molecule has 9 nitrogen and oxygen atoms in total. The first kappa shape index (κ1) is 23.7. The van der Waals surface area contributed by atoms with Gasteiger partial charge in [0.1, 0.15) is 11.5 Å². The number of imidazole rings is 1. The normalized spacial score (nSPS) is 14.7. The van der Waals surface area contributed by atoms with Gasteiger partial charge in [0.15, 0.2) is 0 Å². The van der Waals surface area contributed by atoms with Crippen molar-refractivity contribution in [3.8, 4) is 0 Å². The maximum absolute atomic E-state index is 12.5. The molecule has 1 saturated heterocycles. The SMILES string of the molecule is O=C(CN1CCN(Cc2nc3ccccc3n2Cc2ccccc2)CC1)Nc1ccccc1[N+](=O)[O-]. The van der Waals surface area contributed by atoms with E-state index in [-0.39, 0.29) is 23.8 Å². The summed E-state index contributed by atoms with van der Waals surface area (Å²) in [6.07, 6.45) is 0. The second kappa shape index (κ2) is 10.7. The lowest BCUT2D eigenvalue weighted by Gasteiger charge is -2.34. The van der Waals surface area contributed by atoms with Gasteiger partial charge >= 0.3 is 0 Å². The molecule has 0 bridgehead atoms. The third kappa shape index (κ3) is 5.42. The first-order valence-electron chi connectivity index (χ1n) is 12.0. The molecular formula is C27H28N6O3. The molecule has 1 N–H and O–H groups in total. The lowest BCUT2D eigenvalue weighted by Crippen LogP contribution is -2.48. The van der Waals surface area contributed by atoms with E-state index >= 15 is 0 Å². The van der Waals surface area contributed by atoms with Crippen molar-refractivity contribution >= 4 is 28.3 Å². The second-order valence-electron chi connectivity index (χ2n) is 8.96. The molecule has 3 aromatic carbocycles. The van der Waals surface area contributed by atoms with Gasteiger partial charge in [0.05, 0.1) is 29.0 Å². The summed E-state index contributed by atoms with van der Waals surface area (Å²) < 4.78 is 2.29. The van der Waals surface area contributed by atoms with Crippen LogP contribution in [0, 0.1) is 10.1 Å². The average molecular weight is 485 g/mol. The Hall–Kier alpha value is -4.08. The van der Waals surface area contributed by atoms with Gasteiger partial charge < -0.3 is 9.88 Å². The van der Waals surface area contributed by atoms with Crippen molar-refractivity contribution < 1.29 is 9.72 Å². The molecule has 184 valence electrons. The molecule has 1 aliphatic rings. The number of carbonyl (C=O) groups excluding carboxylic acids is 1. The van der Waals surface area contributed by atoms with E-state index in [1.807, 2.05) is 24.3 Å². The van der Waals surface area contributed by atoms with Crippen molar-refractivity contribution in [1.29, 1.82) is 0 Å². The molecule has 1 fully saturated rings. The van der Waals surface area contributed by atoms with E-state index in [2.05, 4.69) is 50.0 Å². The highest BCUT2D eigenvalue weighted by Crippen LogP contribution is 2.23. The number of rotatable bonds is 8. The summed E-state index contributed by atoms with van der Waals surface area (Å²) in [6, 6.07) is 24.8. The van der Waals surface area contributed by atoms with Gasteiger partial charge in [-0.3, -0.25) is 24.7 Å². The topological polar surface area (TPSA) is 96.5 Å². The third-order valence-electron chi connectivity index (χ3n) is 6.49. The van der Waals surface area contributed by atoms with Crippen LogP contribution in [0.3, 0.4) is 0 Å². The summed E-state index contributed by atoms with van der Waals surface area (Å²) >= 11 is 0. The van der Waals surface area contributed by atoms with Gasteiger partial charge in [0.25, 0.3) is 5.69 Å². The van der Waals surface area contributed by atoms with E-state index < -0.39 is 4.92 Å². The lowest BCUT2D eigenvalue weighted by atomic mass is 10.2. The van der Waals surface area contributed by atoms with Crippen LogP contribution in [0.1, 0.15) is 11.4 Å². The number of anilines is 1. The van der Waals surface area contributed by atoms with Crippen molar-refractivity contribution in [1.82, 2.24) is 19.4 Å². The molecular weight excluding hydrogens is 456 g/mol. The van der Waals surface area contributed by atoms with Gasteiger partial charge in [-0.25, -0.2) is 4.98 Å². The summed E-state index contributed by atoms with van der Waals surface area (Å²) in [5.41, 5.74) is 3.48. The van der Waals surface area contributed by atoms with Crippen molar-refractivity contribution in [2.24, 2.45) is 0 Å². The molecule has 0 aliphatic carbocycles. The smallest absolute Gasteiger partial charge is 0.292 e. The van der Waals surface area contributed by atoms with Crippen molar-refractivity contribution in [2.45, 2.75) is 13.1 Å². The van der Waals surface area contributed by atoms with Crippen LogP contribution in [0.4, 0.5) is 11.4 Å². The zero-order chi connectivity index (χ0) is 24.9. The Kier molecular flexibility index (Phi) is 7.01. The molecule has 4 aromatic rings. The Balaban J connectivity index is 1.20. The van der Waals surface area contributed by atoms with Crippen molar-refractivity contribution in [3.63, 3.8) is 0 Å². The fourth-order valence-corrected chi connectivity index (χ4v) is 4.63. The Bertz CT molecular complexity index is 1360. The van der Waals surface area contributed by atoms with E-state index in [4.69, 9.17) is 4.98 Å². The predicted molar refractivity (Wildman–Crippen MR) is 139 cm³/mol. The molecule has 0 atom stereocenters. The second-order valence-corrected chi connectivity index (χ2v) is 8.96. The summed E-state index contributed by atoms with van der Waals surface area (Å²) in [6.45, 7) is 4.81. The average Bonchev–Trinajstić information content (AvgIpc) is 3.22. The Morgan fingerprint density at radius 3 is 2.31 bits per heavy atom. The lowest BCUT2D eigenvalue weighted by molar-refractivity contribution is -0.383. The molecule has 0 saturated carbocycles. The zero-order valence-corrected chi connectivity index (χ0v) is 19.9. The van der Waals surface area contributed by atoms with Crippen LogP contribution >= 0.6 is 0 Å². The fraction of sp³-hybridized carbons (Fsp3) is 0.259. The Labute approximate surface area is 209 Å². The first-order valence-corrected chi connectivity index (χ1v) is 12.0. The molecule has 36 heavy (non-hydrogen) atoms. The molecule has 1 aromatic heterocycles. The number of nitro benzene ring substituents is 1. The monoisotopic (exact) mass is 484 g/mol. The van der Waals surface area contributed by atoms with E-state index in [0.29, 0.717) is 0 Å². The van der Waals surface area contributed by atoms with Crippen LogP contribution in [0.2, 0.25) is 0 Å². The van der Waals surface area contributed by atoms with E-state index in [9.17, 15) is 14.9 Å². The Morgan fingerprint density at radius 2 is 1.53 bits per heavy atom. The minimum absolute atomic E-state index is 0.103. The number of hydrogen-bond donors (Lipinski definition) is 1. The molecule has 5 rings (SSSR count). The standard InChI is InChI=1S/C27H28N6O3/c34-27(29-23-11-5-7-13-25(23)33(35)36)20-31-16-14-30(15-17-31)19-26-28-22-10-4-6-12-24(22)32(26)18-21-8-2-1-3-9-21/h1-13H,14-20H2,(H,29,34). The summed E-state index contributed by atoms with van der Waals surface area (Å²) in [4.78, 5) is 32.6. The number of para-hydroxylation sites is 4. The predicted octanol–water partition coefficient (Wildman–Crippen LogP) is 3.75. The van der Waals surface area contributed by atoms with Gasteiger partial charge in [0, 0.05) is 38.8 Å². The van der Waals surface area contributed by atoms with Crippen LogP contribution in [-0.2, 0) is 17.9 Å². The quantitative estimate of drug-likeness (QED) is 0.302. The van der Waals surface area contributed by atoms with Crippen LogP contribution in [0.5, 0.6) is 0 Å². The van der Waals surface area contributed by atoms with Gasteiger partial charge in [-0.1, -0.05) is 54.6 Å². The van der Waals surface area contributed by atoms with Crippen LogP contribution in [0.25, 0.3) is 11.0 Å². The number of fused-ring (bicyclic) bond motifs is 1. The summed E-state index contributed by atoms with van der Waals surface area (Å²) in [5.74, 6) is 0.782. The van der Waals surface area contributed by atoms with Crippen molar-refractivity contribution in [3.05, 3.63) is 100 Å². The highest BCUT2D eigenvalue weighted by atomic mass is 16.6. The third-order valence-corrected chi connectivity index (χ3v) is 6.49. The largest absolute Gasteiger partial charge is 0.322 e. The van der Waals surface area contributed by atoms with Crippen LogP contribution in [0.15, 0.2) is 78.9 Å². The van der Waals surface area contributed by atoms with Gasteiger partial charge in [-0.2, -0.15) is 0 Å². The van der Waals surface area contributed by atoms with Gasteiger partial charge in [-0.05, 0) is 23.8 Å². The zero-order valence-electron chi connectivity index (χ0n) is 19.9. The van der Waals surface area contributed by atoms with E-state index in [1.165, 1.54) is 11.6 Å². The summed E-state index contributed by atoms with van der Waals surface area (Å²) in [7, 11) is 0. The molecule has 0 radical (unpaired) electrons. The van der Waals surface area contributed by atoms with Gasteiger partial charge in [-0.15, -0.1) is 0 Å². The number of aromatic nitrogens is 2. The summed E-state index contributed by atoms with van der Waals surface area (Å²) in [5, 5.41) is 13.9. The number of carbonyl (C=O) groups is 1. The molecule has 0 spiro atoms. The number of piperazine rings is 1. The molecule has 9 heteroatoms. The highest BCUT2D eigenvalue weighted by molar-refractivity contribution is 5.94. The van der Waals surface area contributed by atoms with E-state index in [1.54, 1.807) is 18.2 Å². The van der Waals surface area contributed by atoms with Crippen molar-refractivity contribution in [2.75, 3.05) is 38.0 Å². The van der Waals surface area contributed by atoms with E-state index in [0.717, 1.165) is 56.1 Å². The minimum Gasteiger partial charge on any atom is -0.322 e. The van der Waals surface area contributed by atoms with Gasteiger partial charge in [0.2, 0.25) is 5.91 Å². The number of nitro groups is 1. The van der Waals surface area contributed by atoms with Crippen LogP contribution in [-0.4, -0.2) is 62.9 Å². The minimum atomic E-state index is -0.487. The molecule has 0 unspecified atom stereocenters. The molecule has 2 heterocycles. The highest BCUT2D eigenvalue weighted by Gasteiger charge is 2.22. The number of amides is 1.